The smallest absolute Gasteiger partial charge is 0.496 e. The second-order valence-electron chi connectivity index (χ2n) is 20.3. The van der Waals surface area contributed by atoms with E-state index < -0.39 is 63.8 Å². The molecular formula is C58H62ClF2N5O15. The number of hydrogen-bond donors (Lipinski definition) is 4. The zero-order valence-electron chi connectivity index (χ0n) is 44.5. The molecule has 3 amide bonds. The molecule has 5 aromatic rings. The van der Waals surface area contributed by atoms with Crippen LogP contribution in [0.25, 0.3) is 5.57 Å². The lowest BCUT2D eigenvalue weighted by Crippen LogP contribution is -2.60. The number of benzene rings is 5. The van der Waals surface area contributed by atoms with Gasteiger partial charge in [0.2, 0.25) is 5.91 Å². The molecule has 4 aliphatic rings. The first-order chi connectivity index (χ1) is 39.0. The van der Waals surface area contributed by atoms with E-state index in [2.05, 4.69) is 4.84 Å². The summed E-state index contributed by atoms with van der Waals surface area (Å²) < 4.78 is 56.7. The molecule has 3 aliphatic heterocycles. The van der Waals surface area contributed by atoms with E-state index in [4.69, 9.17) is 50.5 Å². The molecule has 81 heavy (non-hydrogen) atoms. The lowest BCUT2D eigenvalue weighted by molar-refractivity contribution is -0.497. The zero-order chi connectivity index (χ0) is 57.3. The van der Waals surface area contributed by atoms with E-state index in [1.807, 2.05) is 54.3 Å². The fourth-order valence-corrected chi connectivity index (χ4v) is 11.0. The summed E-state index contributed by atoms with van der Waals surface area (Å²) in [5.74, 6) is -2.05. The lowest BCUT2D eigenvalue weighted by atomic mass is 9.73. The SMILES string of the molecule is COc1ccc(CN(C(=O)C2=C(c3ccc(CCCOc4c(F)ccc(F)c4Cl)cc3)CC3CC(C(=O)N4CCC(OC(=O)Oc5cccc(CON(O)O)c5)CC4)CC2N3C(=O)Oc2cccc(CON(O)O)c2)C2CC2)cc1C. The van der Waals surface area contributed by atoms with Gasteiger partial charge in [-0.15, -0.1) is 0 Å². The molecule has 0 spiro atoms. The number of ether oxygens (including phenoxy) is 5. The number of halogens is 3. The Morgan fingerprint density at radius 1 is 0.741 bits per heavy atom. The number of carbonyl (C=O) groups excluding carboxylic acids is 4. The van der Waals surface area contributed by atoms with Gasteiger partial charge in [-0.1, -0.05) is 72.3 Å². The van der Waals surface area contributed by atoms with Gasteiger partial charge in [0, 0.05) is 56.1 Å². The second kappa shape index (κ2) is 26.6. The highest BCUT2D eigenvalue weighted by molar-refractivity contribution is 6.32. The molecule has 2 bridgehead atoms. The van der Waals surface area contributed by atoms with Gasteiger partial charge in [0.1, 0.15) is 34.2 Å². The summed E-state index contributed by atoms with van der Waals surface area (Å²) in [7, 11) is 1.59. The van der Waals surface area contributed by atoms with Crippen LogP contribution in [0.2, 0.25) is 5.02 Å². The predicted octanol–water partition coefficient (Wildman–Crippen LogP) is 10.2. The normalized spacial score (nSPS) is 18.2. The third-order valence-electron chi connectivity index (χ3n) is 14.8. The molecule has 3 atom stereocenters. The van der Waals surface area contributed by atoms with E-state index in [1.165, 1.54) is 18.2 Å². The number of likely N-dealkylation sites (tertiary alicyclic amines) is 1. The molecule has 4 N–H and O–H groups in total. The molecular weight excluding hydrogens is 1080 g/mol. The molecule has 3 fully saturated rings. The van der Waals surface area contributed by atoms with Gasteiger partial charge < -0.3 is 33.5 Å². The minimum atomic E-state index is -0.956. The summed E-state index contributed by atoms with van der Waals surface area (Å²) in [6.45, 7) is 2.27. The molecule has 20 nitrogen and oxygen atoms in total. The van der Waals surface area contributed by atoms with Crippen molar-refractivity contribution in [2.24, 2.45) is 5.92 Å². The van der Waals surface area contributed by atoms with Crippen LogP contribution in [0.4, 0.5) is 18.4 Å². The Hall–Kier alpha value is -7.25. The Balaban J connectivity index is 0.990. The number of aryl methyl sites for hydroxylation is 2. The third-order valence-corrected chi connectivity index (χ3v) is 15.2. The number of piperidine rings is 2. The fraction of sp³-hybridized carbons (Fsp3) is 0.379. The maximum atomic E-state index is 15.8. The van der Waals surface area contributed by atoms with Gasteiger partial charge in [0.15, 0.2) is 11.6 Å². The molecule has 1 aliphatic carbocycles. The van der Waals surface area contributed by atoms with Crippen LogP contribution in [0, 0.1) is 24.5 Å². The van der Waals surface area contributed by atoms with Gasteiger partial charge in [-0.05, 0) is 133 Å². The molecule has 3 heterocycles. The minimum absolute atomic E-state index is 0.0565. The Kier molecular flexibility index (Phi) is 19.2. The predicted molar refractivity (Wildman–Crippen MR) is 283 cm³/mol. The number of methoxy groups -OCH3 is 1. The Morgan fingerprint density at radius 3 is 2.01 bits per heavy atom. The average Bonchev–Trinajstić information content (AvgIpc) is 4.44. The van der Waals surface area contributed by atoms with Crippen molar-refractivity contribution in [3.8, 4) is 23.0 Å². The van der Waals surface area contributed by atoms with Crippen molar-refractivity contribution in [3.05, 3.63) is 159 Å². The number of hydrogen-bond acceptors (Lipinski definition) is 17. The van der Waals surface area contributed by atoms with Gasteiger partial charge in [-0.25, -0.2) is 28.0 Å². The van der Waals surface area contributed by atoms with Crippen molar-refractivity contribution < 1.29 is 82.1 Å². The molecule has 2 saturated heterocycles. The summed E-state index contributed by atoms with van der Waals surface area (Å²) in [6.07, 6.45) is 1.29. The summed E-state index contributed by atoms with van der Waals surface area (Å²) in [5, 5.41) is 34.9. The molecule has 5 aromatic carbocycles. The first kappa shape index (κ1) is 58.4. The number of carbonyl (C=O) groups is 4. The first-order valence-corrected chi connectivity index (χ1v) is 26.9. The summed E-state index contributed by atoms with van der Waals surface area (Å²) in [5.41, 5.74) is 5.43. The van der Waals surface area contributed by atoms with Crippen molar-refractivity contribution in [2.75, 3.05) is 26.8 Å². The largest absolute Gasteiger partial charge is 0.514 e. The highest BCUT2D eigenvalue weighted by Gasteiger charge is 2.51. The van der Waals surface area contributed by atoms with Crippen molar-refractivity contribution in [1.29, 1.82) is 0 Å². The Bertz CT molecular complexity index is 3100. The van der Waals surface area contributed by atoms with Crippen molar-refractivity contribution in [3.63, 3.8) is 0 Å². The molecule has 0 radical (unpaired) electrons. The minimum Gasteiger partial charge on any atom is -0.496 e. The number of amides is 3. The van der Waals surface area contributed by atoms with Crippen LogP contribution >= 0.6 is 11.6 Å². The molecule has 1 saturated carbocycles. The Labute approximate surface area is 470 Å². The van der Waals surface area contributed by atoms with Crippen molar-refractivity contribution in [2.45, 2.75) is 109 Å². The quantitative estimate of drug-likeness (QED) is 0.0176. The van der Waals surface area contributed by atoms with E-state index in [9.17, 15) is 33.6 Å². The van der Waals surface area contributed by atoms with Crippen LogP contribution in [0.1, 0.15) is 84.7 Å². The van der Waals surface area contributed by atoms with Crippen LogP contribution in [-0.4, -0.2) is 121 Å². The van der Waals surface area contributed by atoms with Gasteiger partial charge in [0.05, 0.1) is 43.8 Å². The first-order valence-electron chi connectivity index (χ1n) is 26.5. The molecule has 3 unspecified atom stereocenters. The standard InChI is InChI=1S/C58H62ClF2N5O15/c1-35-26-37(13-20-51(35)75-2)32-63(42-16-17-42)56(68)52-47(40-14-11-36(12-15-40)8-5-25-76-54-49(61)19-18-48(60)53(54)59)31-43-29-41(30-50(52)64(43)57(69)79-45-9-3-6-38(27-45)33-77-65(71)72)55(67)62-23-21-44(22-24-62)80-58(70)81-46-10-4-7-39(28-46)34-78-66(73)74/h3-4,6-7,9-15,18-20,26-28,41-44,50,71-74H,5,8,16-17,21-25,29-34H2,1-2H3. The average molecular weight is 1140 g/mol. The maximum absolute atomic E-state index is 15.8. The van der Waals surface area contributed by atoms with Gasteiger partial charge in [-0.3, -0.25) is 35.3 Å². The topological polar surface area (TPSA) is 230 Å². The highest BCUT2D eigenvalue weighted by atomic mass is 35.5. The highest BCUT2D eigenvalue weighted by Crippen LogP contribution is 2.47. The Morgan fingerprint density at radius 2 is 1.38 bits per heavy atom. The zero-order valence-corrected chi connectivity index (χ0v) is 45.2. The fourth-order valence-electron chi connectivity index (χ4n) is 10.8. The van der Waals surface area contributed by atoms with Crippen molar-refractivity contribution >= 4 is 41.2 Å². The van der Waals surface area contributed by atoms with Crippen LogP contribution in [0.3, 0.4) is 0 Å². The monoisotopic (exact) mass is 1140 g/mol. The van der Waals surface area contributed by atoms with Crippen molar-refractivity contribution in [1.82, 2.24) is 25.5 Å². The molecule has 0 aromatic heterocycles. The van der Waals surface area contributed by atoms with Gasteiger partial charge >= 0.3 is 12.2 Å². The van der Waals surface area contributed by atoms with E-state index in [-0.39, 0.29) is 93.8 Å². The molecule has 9 rings (SSSR count). The molecule has 23 heteroatoms. The lowest BCUT2D eigenvalue weighted by Gasteiger charge is -2.50. The van der Waals surface area contributed by atoms with Crippen LogP contribution in [0.15, 0.2) is 109 Å². The molecule has 430 valence electrons. The third kappa shape index (κ3) is 14.8. The summed E-state index contributed by atoms with van der Waals surface area (Å²) in [6, 6.07) is 26.2. The van der Waals surface area contributed by atoms with Crippen LogP contribution < -0.4 is 18.9 Å². The number of rotatable bonds is 21. The maximum Gasteiger partial charge on any atom is 0.514 e. The van der Waals surface area contributed by atoms with Crippen LogP contribution in [0.5, 0.6) is 23.0 Å². The van der Waals surface area contributed by atoms with Crippen LogP contribution in [-0.2, 0) is 50.2 Å². The van der Waals surface area contributed by atoms with E-state index in [0.29, 0.717) is 48.1 Å². The van der Waals surface area contributed by atoms with Gasteiger partial charge in [0.25, 0.3) is 5.91 Å². The number of fused-ring (bicyclic) bond motifs is 2. The van der Waals surface area contributed by atoms with E-state index in [0.717, 1.165) is 52.8 Å². The van der Waals surface area contributed by atoms with Gasteiger partial charge in [-0.2, -0.15) is 0 Å². The van der Waals surface area contributed by atoms with E-state index >= 15 is 4.79 Å². The number of nitrogens with zero attached hydrogens (tertiary/aromatic N) is 5. The second-order valence-corrected chi connectivity index (χ2v) is 20.7. The van der Waals surface area contributed by atoms with E-state index in [1.54, 1.807) is 47.2 Å². The summed E-state index contributed by atoms with van der Waals surface area (Å²) >= 11 is 5.98. The summed E-state index contributed by atoms with van der Waals surface area (Å²) in [4.78, 5) is 73.1.